The largest absolute Gasteiger partial charge is 0.396 e. The highest BCUT2D eigenvalue weighted by Gasteiger charge is 2.02. The fraction of sp³-hybridized carbons (Fsp3) is 0.600. The van der Waals surface area contributed by atoms with E-state index >= 15 is 0 Å². The van der Waals surface area contributed by atoms with E-state index < -0.39 is 0 Å². The molecule has 0 bridgehead atoms. The van der Waals surface area contributed by atoms with Crippen LogP contribution < -0.4 is 0 Å². The summed E-state index contributed by atoms with van der Waals surface area (Å²) in [6.07, 6.45) is 0. The van der Waals surface area contributed by atoms with Gasteiger partial charge in [0.1, 0.15) is 5.78 Å². The van der Waals surface area contributed by atoms with Crippen LogP contribution in [-0.2, 0) is 9.59 Å². The first-order valence-corrected chi connectivity index (χ1v) is 4.10. The number of rotatable bonds is 3. The molecule has 0 aromatic carbocycles. The van der Waals surface area contributed by atoms with Gasteiger partial charge >= 0.3 is 0 Å². The summed E-state index contributed by atoms with van der Waals surface area (Å²) < 4.78 is 0. The van der Waals surface area contributed by atoms with Crippen molar-refractivity contribution in [3.05, 3.63) is 12.2 Å². The Kier molecular flexibility index (Phi) is 8.60. The van der Waals surface area contributed by atoms with Crippen LogP contribution in [0.4, 0.5) is 0 Å². The number of aliphatic hydroxyl groups excluding tert-OH is 1. The third kappa shape index (κ3) is 11.0. The van der Waals surface area contributed by atoms with Gasteiger partial charge in [-0.1, -0.05) is 13.5 Å². The van der Waals surface area contributed by atoms with E-state index in [-0.39, 0.29) is 24.1 Å². The van der Waals surface area contributed by atoms with E-state index in [0.29, 0.717) is 5.57 Å². The summed E-state index contributed by atoms with van der Waals surface area (Å²) in [5.41, 5.74) is 0.620. The molecule has 1 unspecified atom stereocenters. The zero-order valence-corrected chi connectivity index (χ0v) is 8.76. The van der Waals surface area contributed by atoms with Gasteiger partial charge in [-0.2, -0.15) is 0 Å². The molecule has 0 aliphatic rings. The number of ketones is 2. The highest BCUT2D eigenvalue weighted by atomic mass is 16.3. The molecule has 1 N–H and O–H groups in total. The maximum atomic E-state index is 10.2. The number of carbonyl (C=O) groups excluding carboxylic acids is 2. The van der Waals surface area contributed by atoms with Crippen molar-refractivity contribution < 1.29 is 14.7 Å². The molecule has 0 aliphatic heterocycles. The van der Waals surface area contributed by atoms with Crippen molar-refractivity contribution >= 4 is 11.6 Å². The summed E-state index contributed by atoms with van der Waals surface area (Å²) in [5.74, 6) is -0.0718. The lowest BCUT2D eigenvalue weighted by Crippen LogP contribution is -2.09. The number of Topliss-reactive ketones (excluding diaryl/α,β-unsaturated/α-hetero) is 2. The normalized spacial score (nSPS) is 10.8. The van der Waals surface area contributed by atoms with E-state index in [1.807, 2.05) is 0 Å². The van der Waals surface area contributed by atoms with E-state index in [0.717, 1.165) is 0 Å². The average Bonchev–Trinajstić information content (AvgIpc) is 2.03. The van der Waals surface area contributed by atoms with Crippen LogP contribution in [-0.4, -0.2) is 23.3 Å². The minimum absolute atomic E-state index is 0.0324. The molecule has 13 heavy (non-hydrogen) atoms. The lowest BCUT2D eigenvalue weighted by Gasteiger charge is -1.97. The Morgan fingerprint density at radius 1 is 1.31 bits per heavy atom. The molecule has 0 aromatic rings. The van der Waals surface area contributed by atoms with Crippen LogP contribution in [0.1, 0.15) is 27.7 Å². The lowest BCUT2D eigenvalue weighted by atomic mass is 10.1. The zero-order chi connectivity index (χ0) is 11.0. The highest BCUT2D eigenvalue weighted by Crippen LogP contribution is 1.91. The van der Waals surface area contributed by atoms with Crippen molar-refractivity contribution in [3.8, 4) is 0 Å². The monoisotopic (exact) mass is 186 g/mol. The minimum atomic E-state index is -0.181. The smallest absolute Gasteiger partial charge is 0.154 e. The molecule has 0 fully saturated rings. The van der Waals surface area contributed by atoms with Crippen LogP contribution in [0, 0.1) is 5.92 Å². The Balaban J connectivity index is 0. The molecule has 0 amide bonds. The van der Waals surface area contributed by atoms with Crippen molar-refractivity contribution in [2.24, 2.45) is 5.92 Å². The molecule has 0 rings (SSSR count). The van der Waals surface area contributed by atoms with Crippen molar-refractivity contribution in [2.75, 3.05) is 6.61 Å². The van der Waals surface area contributed by atoms with Crippen LogP contribution in [0.3, 0.4) is 0 Å². The first-order valence-electron chi connectivity index (χ1n) is 4.10. The van der Waals surface area contributed by atoms with E-state index in [4.69, 9.17) is 5.11 Å². The molecule has 0 saturated carbocycles. The Morgan fingerprint density at radius 2 is 1.62 bits per heavy atom. The fourth-order valence-corrected chi connectivity index (χ4v) is 0.129. The van der Waals surface area contributed by atoms with E-state index in [1.165, 1.54) is 13.8 Å². The van der Waals surface area contributed by atoms with Crippen LogP contribution in [0.5, 0.6) is 0 Å². The SMILES string of the molecule is C=C(C)C(C)=O.CC(=O)C(C)CO. The first kappa shape index (κ1) is 14.6. The van der Waals surface area contributed by atoms with Crippen LogP contribution >= 0.6 is 0 Å². The number of aliphatic hydroxyl groups is 1. The van der Waals surface area contributed by atoms with Gasteiger partial charge in [0.15, 0.2) is 5.78 Å². The second kappa shape index (κ2) is 7.68. The van der Waals surface area contributed by atoms with Gasteiger partial charge < -0.3 is 5.11 Å². The van der Waals surface area contributed by atoms with Crippen LogP contribution in [0.25, 0.3) is 0 Å². The summed E-state index contributed by atoms with van der Waals surface area (Å²) in [6, 6.07) is 0. The predicted octanol–water partition coefficient (Wildman–Crippen LogP) is 1.36. The Morgan fingerprint density at radius 3 is 1.62 bits per heavy atom. The summed E-state index contributed by atoms with van der Waals surface area (Å²) >= 11 is 0. The molecular weight excluding hydrogens is 168 g/mol. The van der Waals surface area contributed by atoms with Crippen molar-refractivity contribution in [1.82, 2.24) is 0 Å². The number of hydrogen-bond donors (Lipinski definition) is 1. The summed E-state index contributed by atoms with van der Waals surface area (Å²) in [7, 11) is 0. The van der Waals surface area contributed by atoms with Crippen LogP contribution in [0.2, 0.25) is 0 Å². The average molecular weight is 186 g/mol. The molecule has 0 saturated heterocycles. The lowest BCUT2D eigenvalue weighted by molar-refractivity contribution is -0.121. The van der Waals surface area contributed by atoms with Crippen molar-refractivity contribution in [1.29, 1.82) is 0 Å². The third-order valence-corrected chi connectivity index (χ3v) is 1.57. The van der Waals surface area contributed by atoms with Gasteiger partial charge in [-0.3, -0.25) is 9.59 Å². The van der Waals surface area contributed by atoms with Crippen LogP contribution in [0.15, 0.2) is 12.2 Å². The molecule has 0 radical (unpaired) electrons. The van der Waals surface area contributed by atoms with Gasteiger partial charge in [0, 0.05) is 5.92 Å². The first-order chi connectivity index (χ1) is 5.82. The molecule has 76 valence electrons. The van der Waals surface area contributed by atoms with E-state index in [9.17, 15) is 9.59 Å². The molecule has 3 heteroatoms. The van der Waals surface area contributed by atoms with Crippen molar-refractivity contribution in [3.63, 3.8) is 0 Å². The van der Waals surface area contributed by atoms with E-state index in [2.05, 4.69) is 6.58 Å². The zero-order valence-electron chi connectivity index (χ0n) is 8.76. The molecule has 1 atom stereocenters. The van der Waals surface area contributed by atoms with Gasteiger partial charge in [0.2, 0.25) is 0 Å². The second-order valence-electron chi connectivity index (χ2n) is 3.03. The Bertz CT molecular complexity index is 182. The quantitative estimate of drug-likeness (QED) is 0.677. The number of hydrogen-bond acceptors (Lipinski definition) is 3. The highest BCUT2D eigenvalue weighted by molar-refractivity contribution is 5.91. The number of carbonyl (C=O) groups is 2. The van der Waals surface area contributed by atoms with Crippen molar-refractivity contribution in [2.45, 2.75) is 27.7 Å². The Labute approximate surface area is 79.5 Å². The van der Waals surface area contributed by atoms with Gasteiger partial charge in [0.25, 0.3) is 0 Å². The third-order valence-electron chi connectivity index (χ3n) is 1.57. The molecule has 0 aromatic heterocycles. The minimum Gasteiger partial charge on any atom is -0.396 e. The van der Waals surface area contributed by atoms with E-state index in [1.54, 1.807) is 13.8 Å². The topological polar surface area (TPSA) is 54.4 Å². The number of allylic oxidation sites excluding steroid dienone is 1. The summed E-state index contributed by atoms with van der Waals surface area (Å²) in [4.78, 5) is 20.3. The van der Waals surface area contributed by atoms with Gasteiger partial charge in [-0.25, -0.2) is 0 Å². The Hall–Kier alpha value is -0.960. The maximum Gasteiger partial charge on any atom is 0.154 e. The standard InChI is InChI=1S/C5H10O2.C5H8O/c1-4(3-6)5(2)7;1-4(2)5(3)6/h4,6H,3H2,1-2H3;1H2,2-3H3. The van der Waals surface area contributed by atoms with Gasteiger partial charge in [0.05, 0.1) is 6.61 Å². The molecule has 3 nitrogen and oxygen atoms in total. The van der Waals surface area contributed by atoms with Gasteiger partial charge in [-0.05, 0) is 26.3 Å². The fourth-order valence-electron chi connectivity index (χ4n) is 0.129. The summed E-state index contributed by atoms with van der Waals surface area (Å²) in [6.45, 7) is 9.74. The van der Waals surface area contributed by atoms with Gasteiger partial charge in [-0.15, -0.1) is 0 Å². The molecule has 0 spiro atoms. The second-order valence-corrected chi connectivity index (χ2v) is 3.03. The molecule has 0 aliphatic carbocycles. The molecule has 0 heterocycles. The maximum absolute atomic E-state index is 10.2. The molecular formula is C10H18O3. The summed E-state index contributed by atoms with van der Waals surface area (Å²) in [5, 5.41) is 8.28. The predicted molar refractivity (Wildman–Crippen MR) is 52.4 cm³/mol.